The van der Waals surface area contributed by atoms with Crippen LogP contribution in [0.4, 0.5) is 5.69 Å². The third-order valence-corrected chi connectivity index (χ3v) is 3.90. The van der Waals surface area contributed by atoms with Gasteiger partial charge < -0.3 is 14.8 Å². The summed E-state index contributed by atoms with van der Waals surface area (Å²) in [4.78, 5) is 16.2. The van der Waals surface area contributed by atoms with E-state index in [-0.39, 0.29) is 5.91 Å². The van der Waals surface area contributed by atoms with Crippen molar-refractivity contribution in [3.63, 3.8) is 0 Å². The predicted octanol–water partition coefficient (Wildman–Crippen LogP) is 3.69. The average Bonchev–Trinajstić information content (AvgIpc) is 3.12. The van der Waals surface area contributed by atoms with Gasteiger partial charge in [0.05, 0.1) is 19.4 Å². The molecule has 0 atom stereocenters. The van der Waals surface area contributed by atoms with Gasteiger partial charge in [-0.15, -0.1) is 5.10 Å². The maximum Gasteiger partial charge on any atom is 0.336 e. The number of hydrogen-bond acceptors (Lipinski definition) is 5. The highest BCUT2D eigenvalue weighted by molar-refractivity contribution is 5.90. The van der Waals surface area contributed by atoms with E-state index in [4.69, 9.17) is 9.47 Å². The van der Waals surface area contributed by atoms with Crippen LogP contribution in [-0.4, -0.2) is 34.4 Å². The van der Waals surface area contributed by atoms with Gasteiger partial charge in [0.25, 0.3) is 0 Å². The fraction of sp³-hybridized carbons (Fsp3) is 0.250. The van der Waals surface area contributed by atoms with Crippen LogP contribution in [0, 0.1) is 0 Å². The number of anilines is 1. The molecular formula is C20H22N4O3. The van der Waals surface area contributed by atoms with Crippen molar-refractivity contribution >= 4 is 11.6 Å². The Morgan fingerprint density at radius 3 is 2.59 bits per heavy atom. The molecule has 3 rings (SSSR count). The number of benzene rings is 2. The average molecular weight is 366 g/mol. The summed E-state index contributed by atoms with van der Waals surface area (Å²) < 4.78 is 12.4. The summed E-state index contributed by atoms with van der Waals surface area (Å²) in [5.74, 6) is 1.36. The minimum atomic E-state index is -0.0453. The molecule has 0 fully saturated rings. The summed E-state index contributed by atoms with van der Waals surface area (Å²) >= 11 is 0. The first-order valence-corrected chi connectivity index (χ1v) is 8.79. The minimum absolute atomic E-state index is 0.0453. The van der Waals surface area contributed by atoms with Crippen molar-refractivity contribution in [1.29, 1.82) is 0 Å². The lowest BCUT2D eigenvalue weighted by Gasteiger charge is -2.09. The van der Waals surface area contributed by atoms with E-state index in [0.29, 0.717) is 30.5 Å². The molecule has 3 aromatic rings. The van der Waals surface area contributed by atoms with E-state index in [1.807, 2.05) is 62.4 Å². The molecule has 0 unspecified atom stereocenters. The van der Waals surface area contributed by atoms with Crippen molar-refractivity contribution in [2.75, 3.05) is 19.0 Å². The number of ether oxygens (including phenoxy) is 2. The van der Waals surface area contributed by atoms with Crippen LogP contribution < -0.4 is 14.8 Å². The largest absolute Gasteiger partial charge is 0.497 e. The SMILES string of the molecule is CCOc1nc(-c2ccc(OC)cc2)n(-c2cccc(NC(=O)CC)c2)n1. The lowest BCUT2D eigenvalue weighted by atomic mass is 10.2. The number of nitrogens with zero attached hydrogens (tertiary/aromatic N) is 3. The van der Waals surface area contributed by atoms with Gasteiger partial charge in [-0.2, -0.15) is 4.98 Å². The van der Waals surface area contributed by atoms with Crippen LogP contribution >= 0.6 is 0 Å². The molecule has 2 aromatic carbocycles. The van der Waals surface area contributed by atoms with Crippen molar-refractivity contribution < 1.29 is 14.3 Å². The maximum absolute atomic E-state index is 11.7. The zero-order valence-corrected chi connectivity index (χ0v) is 15.6. The van der Waals surface area contributed by atoms with Gasteiger partial charge in [-0.3, -0.25) is 4.79 Å². The molecule has 1 heterocycles. The van der Waals surface area contributed by atoms with Crippen LogP contribution in [0.15, 0.2) is 48.5 Å². The van der Waals surface area contributed by atoms with Crippen molar-refractivity contribution in [2.45, 2.75) is 20.3 Å². The molecule has 0 bridgehead atoms. The smallest absolute Gasteiger partial charge is 0.336 e. The minimum Gasteiger partial charge on any atom is -0.497 e. The van der Waals surface area contributed by atoms with E-state index in [1.165, 1.54) is 0 Å². The Labute approximate surface area is 158 Å². The van der Waals surface area contributed by atoms with Crippen LogP contribution in [0.25, 0.3) is 17.1 Å². The topological polar surface area (TPSA) is 78.3 Å². The first-order chi connectivity index (χ1) is 13.1. The van der Waals surface area contributed by atoms with Crippen LogP contribution in [0.5, 0.6) is 11.8 Å². The second kappa shape index (κ2) is 8.35. The van der Waals surface area contributed by atoms with Crippen molar-refractivity contribution in [2.24, 2.45) is 0 Å². The van der Waals surface area contributed by atoms with Crippen molar-refractivity contribution in [3.05, 3.63) is 48.5 Å². The second-order valence-electron chi connectivity index (χ2n) is 5.74. The Hall–Kier alpha value is -3.35. The second-order valence-corrected chi connectivity index (χ2v) is 5.74. The molecule has 7 nitrogen and oxygen atoms in total. The molecule has 27 heavy (non-hydrogen) atoms. The first kappa shape index (κ1) is 18.4. The molecule has 0 aliphatic rings. The monoisotopic (exact) mass is 366 g/mol. The zero-order valence-electron chi connectivity index (χ0n) is 15.6. The van der Waals surface area contributed by atoms with E-state index in [0.717, 1.165) is 17.0 Å². The molecule has 0 radical (unpaired) electrons. The van der Waals surface area contributed by atoms with Gasteiger partial charge >= 0.3 is 6.01 Å². The summed E-state index contributed by atoms with van der Waals surface area (Å²) in [5, 5.41) is 7.33. The number of carbonyl (C=O) groups is 1. The van der Waals surface area contributed by atoms with Crippen molar-refractivity contribution in [1.82, 2.24) is 14.8 Å². The number of carbonyl (C=O) groups excluding carboxylic acids is 1. The normalized spacial score (nSPS) is 10.5. The molecule has 0 aliphatic carbocycles. The Kier molecular flexibility index (Phi) is 5.71. The number of nitrogens with one attached hydrogen (secondary N) is 1. The molecular weight excluding hydrogens is 344 g/mol. The highest BCUT2D eigenvalue weighted by Crippen LogP contribution is 2.26. The molecule has 1 amide bonds. The number of rotatable bonds is 7. The quantitative estimate of drug-likeness (QED) is 0.690. The Morgan fingerprint density at radius 1 is 1.15 bits per heavy atom. The van der Waals surface area contributed by atoms with Gasteiger partial charge in [-0.25, -0.2) is 4.68 Å². The van der Waals surface area contributed by atoms with Crippen LogP contribution in [0.3, 0.4) is 0 Å². The standard InChI is InChI=1S/C20H22N4O3/c1-4-18(25)21-15-7-6-8-16(13-15)24-19(22-20(23-24)27-5-2)14-9-11-17(26-3)12-10-14/h6-13H,4-5H2,1-3H3,(H,21,25). The van der Waals surface area contributed by atoms with Crippen LogP contribution in [0.1, 0.15) is 20.3 Å². The van der Waals surface area contributed by atoms with Gasteiger partial charge in [0.1, 0.15) is 5.75 Å². The van der Waals surface area contributed by atoms with E-state index < -0.39 is 0 Å². The molecule has 1 aromatic heterocycles. The summed E-state index contributed by atoms with van der Waals surface area (Å²) in [6.45, 7) is 4.17. The van der Waals surface area contributed by atoms with Gasteiger partial charge in [0.15, 0.2) is 5.82 Å². The van der Waals surface area contributed by atoms with Gasteiger partial charge in [-0.05, 0) is 49.4 Å². The van der Waals surface area contributed by atoms with Gasteiger partial charge in [0.2, 0.25) is 5.91 Å². The zero-order chi connectivity index (χ0) is 19.2. The number of methoxy groups -OCH3 is 1. The van der Waals surface area contributed by atoms with Gasteiger partial charge in [-0.1, -0.05) is 13.0 Å². The van der Waals surface area contributed by atoms with E-state index in [1.54, 1.807) is 11.8 Å². The predicted molar refractivity (Wildman–Crippen MR) is 103 cm³/mol. The summed E-state index contributed by atoms with van der Waals surface area (Å²) in [5.41, 5.74) is 2.35. The van der Waals surface area contributed by atoms with Gasteiger partial charge in [0, 0.05) is 17.7 Å². The highest BCUT2D eigenvalue weighted by Gasteiger charge is 2.15. The number of hydrogen-bond donors (Lipinski definition) is 1. The Balaban J connectivity index is 2.03. The van der Waals surface area contributed by atoms with Crippen LogP contribution in [-0.2, 0) is 4.79 Å². The molecule has 0 spiro atoms. The Bertz CT molecular complexity index is 919. The van der Waals surface area contributed by atoms with E-state index in [2.05, 4.69) is 15.4 Å². The van der Waals surface area contributed by atoms with E-state index >= 15 is 0 Å². The molecule has 140 valence electrons. The maximum atomic E-state index is 11.7. The fourth-order valence-corrected chi connectivity index (χ4v) is 2.56. The van der Waals surface area contributed by atoms with E-state index in [9.17, 15) is 4.79 Å². The summed E-state index contributed by atoms with van der Waals surface area (Å²) in [6.07, 6.45) is 0.416. The molecule has 0 saturated heterocycles. The molecule has 0 aliphatic heterocycles. The number of amides is 1. The fourth-order valence-electron chi connectivity index (χ4n) is 2.56. The third-order valence-electron chi connectivity index (χ3n) is 3.90. The molecule has 1 N–H and O–H groups in total. The first-order valence-electron chi connectivity index (χ1n) is 8.79. The lowest BCUT2D eigenvalue weighted by Crippen LogP contribution is -2.10. The summed E-state index contributed by atoms with van der Waals surface area (Å²) in [6, 6.07) is 15.3. The van der Waals surface area contributed by atoms with Crippen LogP contribution in [0.2, 0.25) is 0 Å². The third kappa shape index (κ3) is 4.25. The summed E-state index contributed by atoms with van der Waals surface area (Å²) in [7, 11) is 1.63. The highest BCUT2D eigenvalue weighted by atomic mass is 16.5. The Morgan fingerprint density at radius 2 is 1.93 bits per heavy atom. The number of aromatic nitrogens is 3. The lowest BCUT2D eigenvalue weighted by molar-refractivity contribution is -0.115. The molecule has 0 saturated carbocycles. The molecule has 7 heteroatoms. The van der Waals surface area contributed by atoms with Crippen molar-refractivity contribution in [3.8, 4) is 28.8 Å².